The van der Waals surface area contributed by atoms with Crippen molar-refractivity contribution in [2.24, 2.45) is 0 Å². The van der Waals surface area contributed by atoms with Crippen molar-refractivity contribution in [1.82, 2.24) is 15.5 Å². The van der Waals surface area contributed by atoms with Crippen LogP contribution in [0.1, 0.15) is 22.3 Å². The predicted octanol–water partition coefficient (Wildman–Crippen LogP) is 2.53. The number of hydrogen-bond acceptors (Lipinski definition) is 4. The highest BCUT2D eigenvalue weighted by Gasteiger charge is 2.14. The first kappa shape index (κ1) is 21.2. The molecule has 2 aromatic rings. The Hall–Kier alpha value is -3.12. The minimum atomic E-state index is -0.353. The molecule has 0 spiro atoms. The number of nitrogens with one attached hydrogen (secondary N) is 2. The molecule has 0 saturated heterocycles. The molecule has 0 bridgehead atoms. The molecule has 0 heterocycles. The van der Waals surface area contributed by atoms with E-state index < -0.39 is 0 Å². The van der Waals surface area contributed by atoms with Crippen LogP contribution in [0, 0.1) is 0 Å². The maximum Gasteiger partial charge on any atom is 0.267 e. The van der Waals surface area contributed by atoms with Crippen molar-refractivity contribution in [3.63, 3.8) is 0 Å². The Bertz CT molecular complexity index is 800. The Kier molecular flexibility index (Phi) is 8.24. The van der Waals surface area contributed by atoms with Gasteiger partial charge in [-0.05, 0) is 63.0 Å². The fourth-order valence-electron chi connectivity index (χ4n) is 2.50. The van der Waals surface area contributed by atoms with Gasteiger partial charge in [0, 0.05) is 12.1 Å². The zero-order chi connectivity index (χ0) is 20.4. The third-order valence-corrected chi connectivity index (χ3v) is 4.02. The lowest BCUT2D eigenvalue weighted by Crippen LogP contribution is -2.36. The number of ether oxygens (including phenoxy) is 1. The molecule has 28 heavy (non-hydrogen) atoms. The molecule has 148 valence electrons. The molecule has 0 saturated carbocycles. The molecule has 0 aliphatic carbocycles. The van der Waals surface area contributed by atoms with E-state index in [9.17, 15) is 9.59 Å². The van der Waals surface area contributed by atoms with Gasteiger partial charge in [-0.3, -0.25) is 9.59 Å². The number of amides is 2. The molecule has 0 fully saturated rings. The van der Waals surface area contributed by atoms with E-state index in [-0.39, 0.29) is 17.5 Å². The monoisotopic (exact) mass is 381 g/mol. The van der Waals surface area contributed by atoms with Crippen LogP contribution in [0.15, 0.2) is 60.3 Å². The zero-order valence-electron chi connectivity index (χ0n) is 16.6. The molecule has 2 amide bonds. The van der Waals surface area contributed by atoms with Gasteiger partial charge in [0.1, 0.15) is 11.4 Å². The van der Waals surface area contributed by atoms with E-state index in [2.05, 4.69) is 15.5 Å². The summed E-state index contributed by atoms with van der Waals surface area (Å²) in [5.74, 6) is -0.00650. The normalized spacial score (nSPS) is 11.2. The summed E-state index contributed by atoms with van der Waals surface area (Å²) in [6.45, 7) is 1.40. The number of nitrogens with zero attached hydrogens (tertiary/aromatic N) is 1. The van der Waals surface area contributed by atoms with E-state index >= 15 is 0 Å². The molecule has 0 atom stereocenters. The molecule has 0 aromatic heterocycles. The molecule has 0 radical (unpaired) electrons. The number of rotatable bonds is 9. The summed E-state index contributed by atoms with van der Waals surface area (Å²) in [6.07, 6.45) is 2.49. The van der Waals surface area contributed by atoms with E-state index in [0.717, 1.165) is 18.5 Å². The van der Waals surface area contributed by atoms with Crippen molar-refractivity contribution >= 4 is 17.9 Å². The summed E-state index contributed by atoms with van der Waals surface area (Å²) >= 11 is 0. The fraction of sp³-hybridized carbons (Fsp3) is 0.273. The van der Waals surface area contributed by atoms with Crippen LogP contribution in [0.4, 0.5) is 0 Å². The maximum absolute atomic E-state index is 12.6. The van der Waals surface area contributed by atoms with Gasteiger partial charge in [0.25, 0.3) is 11.8 Å². The van der Waals surface area contributed by atoms with Gasteiger partial charge < -0.3 is 20.3 Å². The minimum Gasteiger partial charge on any atom is -0.497 e. The van der Waals surface area contributed by atoms with Gasteiger partial charge in [0.2, 0.25) is 0 Å². The molecule has 2 rings (SSSR count). The second-order valence-electron chi connectivity index (χ2n) is 6.56. The molecular formula is C22H27N3O3. The van der Waals surface area contributed by atoms with Crippen LogP contribution in [-0.4, -0.2) is 51.0 Å². The van der Waals surface area contributed by atoms with Crippen molar-refractivity contribution in [2.45, 2.75) is 6.42 Å². The average molecular weight is 381 g/mol. The van der Waals surface area contributed by atoms with Crippen molar-refractivity contribution < 1.29 is 14.3 Å². The van der Waals surface area contributed by atoms with Crippen LogP contribution in [0.2, 0.25) is 0 Å². The fourth-order valence-corrected chi connectivity index (χ4v) is 2.50. The van der Waals surface area contributed by atoms with Crippen molar-refractivity contribution in [1.29, 1.82) is 0 Å². The van der Waals surface area contributed by atoms with Gasteiger partial charge in [-0.25, -0.2) is 0 Å². The standard InChI is InChI=1S/C22H27N3O3/c1-25(2)15-7-14-23-22(27)20(16-17-8-5-4-6-9-17)24-21(26)18-10-12-19(28-3)13-11-18/h4-6,8-13,16H,7,14-15H2,1-3H3,(H,23,27)(H,24,26). The van der Waals surface area contributed by atoms with E-state index in [1.54, 1.807) is 37.5 Å². The SMILES string of the molecule is COc1ccc(C(=O)NC(=Cc2ccccc2)C(=O)NCCCN(C)C)cc1. The van der Waals surface area contributed by atoms with Crippen LogP contribution in [0.25, 0.3) is 6.08 Å². The first-order chi connectivity index (χ1) is 13.5. The second-order valence-corrected chi connectivity index (χ2v) is 6.56. The van der Waals surface area contributed by atoms with Crippen LogP contribution >= 0.6 is 0 Å². The number of hydrogen-bond donors (Lipinski definition) is 2. The molecule has 2 N–H and O–H groups in total. The van der Waals surface area contributed by atoms with E-state index in [1.165, 1.54) is 0 Å². The summed E-state index contributed by atoms with van der Waals surface area (Å²) in [5.41, 5.74) is 1.48. The van der Waals surface area contributed by atoms with Gasteiger partial charge in [-0.15, -0.1) is 0 Å². The lowest BCUT2D eigenvalue weighted by atomic mass is 10.1. The third-order valence-electron chi connectivity index (χ3n) is 4.02. The molecule has 2 aromatic carbocycles. The summed E-state index contributed by atoms with van der Waals surface area (Å²) in [4.78, 5) is 27.3. The van der Waals surface area contributed by atoms with Crippen LogP contribution in [0.5, 0.6) is 5.75 Å². The average Bonchev–Trinajstić information content (AvgIpc) is 2.71. The Labute approximate surface area is 166 Å². The highest BCUT2D eigenvalue weighted by Crippen LogP contribution is 2.12. The van der Waals surface area contributed by atoms with Gasteiger partial charge >= 0.3 is 0 Å². The number of methoxy groups -OCH3 is 1. The van der Waals surface area contributed by atoms with Crippen molar-refractivity contribution in [3.8, 4) is 5.75 Å². The van der Waals surface area contributed by atoms with Gasteiger partial charge in [-0.2, -0.15) is 0 Å². The van der Waals surface area contributed by atoms with E-state index in [1.807, 2.05) is 44.4 Å². The van der Waals surface area contributed by atoms with Crippen LogP contribution in [-0.2, 0) is 4.79 Å². The van der Waals surface area contributed by atoms with Gasteiger partial charge in [-0.1, -0.05) is 30.3 Å². The molecule has 0 unspecified atom stereocenters. The second kappa shape index (κ2) is 10.9. The predicted molar refractivity (Wildman–Crippen MR) is 111 cm³/mol. The maximum atomic E-state index is 12.6. The highest BCUT2D eigenvalue weighted by atomic mass is 16.5. The van der Waals surface area contributed by atoms with Crippen molar-refractivity contribution in [3.05, 3.63) is 71.4 Å². The zero-order valence-corrected chi connectivity index (χ0v) is 16.6. The highest BCUT2D eigenvalue weighted by molar-refractivity contribution is 6.05. The number of carbonyl (C=O) groups is 2. The molecular weight excluding hydrogens is 354 g/mol. The number of carbonyl (C=O) groups excluding carboxylic acids is 2. The molecule has 6 nitrogen and oxygen atoms in total. The number of benzene rings is 2. The first-order valence-electron chi connectivity index (χ1n) is 9.14. The Balaban J connectivity index is 2.12. The topological polar surface area (TPSA) is 70.7 Å². The summed E-state index contributed by atoms with van der Waals surface area (Å²) < 4.78 is 5.11. The summed E-state index contributed by atoms with van der Waals surface area (Å²) in [6, 6.07) is 16.1. The Morgan fingerprint density at radius 2 is 1.71 bits per heavy atom. The molecule has 0 aliphatic heterocycles. The lowest BCUT2D eigenvalue weighted by molar-refractivity contribution is -0.117. The lowest BCUT2D eigenvalue weighted by Gasteiger charge is -2.13. The van der Waals surface area contributed by atoms with Gasteiger partial charge in [0.15, 0.2) is 0 Å². The first-order valence-corrected chi connectivity index (χ1v) is 9.14. The van der Waals surface area contributed by atoms with Gasteiger partial charge in [0.05, 0.1) is 7.11 Å². The summed E-state index contributed by atoms with van der Waals surface area (Å²) in [7, 11) is 5.53. The largest absolute Gasteiger partial charge is 0.497 e. The van der Waals surface area contributed by atoms with Crippen LogP contribution < -0.4 is 15.4 Å². The van der Waals surface area contributed by atoms with E-state index in [0.29, 0.717) is 17.9 Å². The molecule has 6 heteroatoms. The summed E-state index contributed by atoms with van der Waals surface area (Å²) in [5, 5.41) is 5.59. The molecule has 0 aliphatic rings. The minimum absolute atomic E-state index is 0.205. The third kappa shape index (κ3) is 6.89. The Morgan fingerprint density at radius 1 is 1.04 bits per heavy atom. The van der Waals surface area contributed by atoms with E-state index in [4.69, 9.17) is 4.74 Å². The van der Waals surface area contributed by atoms with Crippen LogP contribution in [0.3, 0.4) is 0 Å². The van der Waals surface area contributed by atoms with Crippen molar-refractivity contribution in [2.75, 3.05) is 34.3 Å². The smallest absolute Gasteiger partial charge is 0.267 e. The Morgan fingerprint density at radius 3 is 2.32 bits per heavy atom. The quantitative estimate of drug-likeness (QED) is 0.517.